The standard InChI is InChI=1S/C25H27BrN2O3/c1-5-27(6-2)21-11-7-19(8-12-21)25(30)31-16-24(29)23-15-17(3)28(18(23)4)22-13-9-20(26)10-14-22/h7-15H,5-6,16H2,1-4H3. The summed E-state index contributed by atoms with van der Waals surface area (Å²) in [6, 6.07) is 17.0. The molecule has 3 aromatic rings. The Morgan fingerprint density at radius 1 is 0.968 bits per heavy atom. The minimum atomic E-state index is -0.499. The van der Waals surface area contributed by atoms with Crippen molar-refractivity contribution >= 4 is 33.4 Å². The van der Waals surface area contributed by atoms with E-state index in [9.17, 15) is 9.59 Å². The minimum absolute atomic E-state index is 0.218. The highest BCUT2D eigenvalue weighted by molar-refractivity contribution is 9.10. The van der Waals surface area contributed by atoms with Crippen LogP contribution in [0.2, 0.25) is 0 Å². The van der Waals surface area contributed by atoms with Gasteiger partial charge in [-0.25, -0.2) is 4.79 Å². The van der Waals surface area contributed by atoms with Gasteiger partial charge in [0.1, 0.15) is 0 Å². The number of anilines is 1. The lowest BCUT2D eigenvalue weighted by atomic mass is 10.1. The molecule has 3 rings (SSSR count). The summed E-state index contributed by atoms with van der Waals surface area (Å²) in [7, 11) is 0. The van der Waals surface area contributed by atoms with Gasteiger partial charge in [-0.3, -0.25) is 4.79 Å². The minimum Gasteiger partial charge on any atom is -0.454 e. The summed E-state index contributed by atoms with van der Waals surface area (Å²) in [5, 5.41) is 0. The number of nitrogens with zero attached hydrogens (tertiary/aromatic N) is 2. The highest BCUT2D eigenvalue weighted by Gasteiger charge is 2.19. The molecule has 162 valence electrons. The Morgan fingerprint density at radius 3 is 2.16 bits per heavy atom. The second-order valence-electron chi connectivity index (χ2n) is 7.32. The van der Waals surface area contributed by atoms with Gasteiger partial charge in [-0.05, 0) is 82.3 Å². The van der Waals surface area contributed by atoms with E-state index in [1.54, 1.807) is 12.1 Å². The Balaban J connectivity index is 1.69. The van der Waals surface area contributed by atoms with Gasteiger partial charge < -0.3 is 14.2 Å². The number of esters is 1. The molecule has 0 saturated carbocycles. The molecule has 0 unspecified atom stereocenters. The van der Waals surface area contributed by atoms with Crippen LogP contribution >= 0.6 is 15.9 Å². The van der Waals surface area contributed by atoms with Crippen molar-refractivity contribution < 1.29 is 14.3 Å². The van der Waals surface area contributed by atoms with Gasteiger partial charge in [0.05, 0.1) is 5.56 Å². The third-order valence-electron chi connectivity index (χ3n) is 5.38. The summed E-state index contributed by atoms with van der Waals surface area (Å²) in [5.41, 5.74) is 4.79. The van der Waals surface area contributed by atoms with Crippen molar-refractivity contribution in [3.63, 3.8) is 0 Å². The van der Waals surface area contributed by atoms with Crippen LogP contribution in [-0.4, -0.2) is 36.0 Å². The Morgan fingerprint density at radius 2 is 1.58 bits per heavy atom. The summed E-state index contributed by atoms with van der Waals surface area (Å²) < 4.78 is 8.32. The average molecular weight is 483 g/mol. The first kappa shape index (κ1) is 22.8. The highest BCUT2D eigenvalue weighted by atomic mass is 79.9. The number of aromatic nitrogens is 1. The van der Waals surface area contributed by atoms with E-state index in [4.69, 9.17) is 4.74 Å². The maximum atomic E-state index is 12.8. The number of Topliss-reactive ketones (excluding diaryl/α,β-unsaturated/α-hetero) is 1. The number of ether oxygens (including phenoxy) is 1. The number of halogens is 1. The smallest absolute Gasteiger partial charge is 0.338 e. The number of hydrogen-bond donors (Lipinski definition) is 0. The Labute approximate surface area is 191 Å². The van der Waals surface area contributed by atoms with Crippen molar-refractivity contribution in [1.82, 2.24) is 4.57 Å². The summed E-state index contributed by atoms with van der Waals surface area (Å²) in [6.45, 7) is 9.53. The van der Waals surface area contributed by atoms with Crippen molar-refractivity contribution in [3.05, 3.63) is 81.6 Å². The number of carbonyl (C=O) groups excluding carboxylic acids is 2. The summed E-state index contributed by atoms with van der Waals surface area (Å²) >= 11 is 3.44. The molecule has 0 N–H and O–H groups in total. The van der Waals surface area contributed by atoms with E-state index >= 15 is 0 Å². The quantitative estimate of drug-likeness (QED) is 0.303. The van der Waals surface area contributed by atoms with Crippen LogP contribution in [0.3, 0.4) is 0 Å². The van der Waals surface area contributed by atoms with Crippen LogP contribution in [0.4, 0.5) is 5.69 Å². The number of ketones is 1. The molecule has 0 bridgehead atoms. The molecular formula is C25H27BrN2O3. The molecule has 0 atom stereocenters. The first-order valence-electron chi connectivity index (χ1n) is 10.4. The second-order valence-corrected chi connectivity index (χ2v) is 8.23. The van der Waals surface area contributed by atoms with E-state index in [-0.39, 0.29) is 12.4 Å². The third kappa shape index (κ3) is 5.07. The maximum Gasteiger partial charge on any atom is 0.338 e. The van der Waals surface area contributed by atoms with E-state index in [2.05, 4.69) is 34.7 Å². The lowest BCUT2D eigenvalue weighted by Crippen LogP contribution is -2.21. The fourth-order valence-corrected chi connectivity index (χ4v) is 3.99. The molecule has 1 heterocycles. The molecule has 0 radical (unpaired) electrons. The first-order chi connectivity index (χ1) is 14.8. The van der Waals surface area contributed by atoms with Crippen LogP contribution in [0.25, 0.3) is 5.69 Å². The van der Waals surface area contributed by atoms with Gasteiger partial charge in [0, 0.05) is 45.9 Å². The number of rotatable bonds is 8. The zero-order valence-corrected chi connectivity index (χ0v) is 19.9. The molecular weight excluding hydrogens is 456 g/mol. The van der Waals surface area contributed by atoms with Gasteiger partial charge >= 0.3 is 5.97 Å². The largest absolute Gasteiger partial charge is 0.454 e. The highest BCUT2D eigenvalue weighted by Crippen LogP contribution is 2.23. The molecule has 0 spiro atoms. The number of benzene rings is 2. The molecule has 6 heteroatoms. The fourth-order valence-electron chi connectivity index (χ4n) is 3.72. The first-order valence-corrected chi connectivity index (χ1v) is 11.1. The van der Waals surface area contributed by atoms with E-state index in [0.29, 0.717) is 11.1 Å². The number of aryl methyl sites for hydroxylation is 1. The molecule has 0 amide bonds. The zero-order chi connectivity index (χ0) is 22.5. The van der Waals surface area contributed by atoms with Gasteiger partial charge in [0.2, 0.25) is 5.78 Å². The summed E-state index contributed by atoms with van der Waals surface area (Å²) in [6.07, 6.45) is 0. The Bertz CT molecular complexity index is 1070. The molecule has 0 aliphatic carbocycles. The van der Waals surface area contributed by atoms with Crippen LogP contribution < -0.4 is 4.90 Å². The summed E-state index contributed by atoms with van der Waals surface area (Å²) in [5.74, 6) is -0.717. The predicted molar refractivity (Wildman–Crippen MR) is 128 cm³/mol. The number of carbonyl (C=O) groups is 2. The van der Waals surface area contributed by atoms with E-state index < -0.39 is 5.97 Å². The fraction of sp³-hybridized carbons (Fsp3) is 0.280. The molecule has 0 fully saturated rings. The Kier molecular flexibility index (Phi) is 7.33. The Hall–Kier alpha value is -2.86. The van der Waals surface area contributed by atoms with Crippen LogP contribution in [0.15, 0.2) is 59.1 Å². The van der Waals surface area contributed by atoms with Gasteiger partial charge in [0.15, 0.2) is 6.61 Å². The van der Waals surface area contributed by atoms with E-state index in [1.807, 2.05) is 60.9 Å². The van der Waals surface area contributed by atoms with Gasteiger partial charge in [-0.15, -0.1) is 0 Å². The average Bonchev–Trinajstić information content (AvgIpc) is 3.08. The van der Waals surface area contributed by atoms with Crippen LogP contribution in [0.1, 0.15) is 46.0 Å². The van der Waals surface area contributed by atoms with Crippen molar-refractivity contribution in [2.24, 2.45) is 0 Å². The van der Waals surface area contributed by atoms with Crippen molar-refractivity contribution in [3.8, 4) is 5.69 Å². The van der Waals surface area contributed by atoms with Crippen molar-refractivity contribution in [2.75, 3.05) is 24.6 Å². The van der Waals surface area contributed by atoms with Gasteiger partial charge in [-0.1, -0.05) is 15.9 Å². The molecule has 5 nitrogen and oxygen atoms in total. The van der Waals surface area contributed by atoms with Crippen molar-refractivity contribution in [1.29, 1.82) is 0 Å². The predicted octanol–water partition coefficient (Wildman–Crippen LogP) is 5.74. The SMILES string of the molecule is CCN(CC)c1ccc(C(=O)OCC(=O)c2cc(C)n(-c3ccc(Br)cc3)c2C)cc1. The summed E-state index contributed by atoms with van der Waals surface area (Å²) in [4.78, 5) is 27.4. The van der Waals surface area contributed by atoms with Crippen LogP contribution in [-0.2, 0) is 4.74 Å². The van der Waals surface area contributed by atoms with Gasteiger partial charge in [0.25, 0.3) is 0 Å². The zero-order valence-electron chi connectivity index (χ0n) is 18.3. The number of hydrogen-bond acceptors (Lipinski definition) is 4. The molecule has 0 aliphatic rings. The molecule has 1 aromatic heterocycles. The lowest BCUT2D eigenvalue weighted by molar-refractivity contribution is 0.0474. The van der Waals surface area contributed by atoms with E-state index in [0.717, 1.165) is 40.3 Å². The third-order valence-corrected chi connectivity index (χ3v) is 5.91. The second kappa shape index (κ2) is 9.96. The molecule has 2 aromatic carbocycles. The molecule has 0 saturated heterocycles. The van der Waals surface area contributed by atoms with Crippen LogP contribution in [0.5, 0.6) is 0 Å². The monoisotopic (exact) mass is 482 g/mol. The van der Waals surface area contributed by atoms with Crippen LogP contribution in [0, 0.1) is 13.8 Å². The lowest BCUT2D eigenvalue weighted by Gasteiger charge is -2.20. The van der Waals surface area contributed by atoms with E-state index in [1.165, 1.54) is 0 Å². The maximum absolute atomic E-state index is 12.8. The molecule has 0 aliphatic heterocycles. The van der Waals surface area contributed by atoms with Gasteiger partial charge in [-0.2, -0.15) is 0 Å². The van der Waals surface area contributed by atoms with Crippen molar-refractivity contribution in [2.45, 2.75) is 27.7 Å². The topological polar surface area (TPSA) is 51.5 Å². The normalized spacial score (nSPS) is 10.7. The molecule has 31 heavy (non-hydrogen) atoms.